The van der Waals surface area contributed by atoms with Crippen LogP contribution in [-0.2, 0) is 6.54 Å². The zero-order chi connectivity index (χ0) is 14.5. The fraction of sp³-hybridized carbons (Fsp3) is 0.154. The summed E-state index contributed by atoms with van der Waals surface area (Å²) in [7, 11) is 0. The molecule has 0 fully saturated rings. The lowest BCUT2D eigenvalue weighted by molar-refractivity contribution is 0.0950. The van der Waals surface area contributed by atoms with Gasteiger partial charge in [0.1, 0.15) is 0 Å². The average molecular weight is 290 g/mol. The van der Waals surface area contributed by atoms with Crippen molar-refractivity contribution in [3.05, 3.63) is 51.5 Å². The lowest BCUT2D eigenvalue weighted by Crippen LogP contribution is -2.23. The molecule has 1 amide bonds. The van der Waals surface area contributed by atoms with E-state index < -0.39 is 0 Å². The molecule has 20 heavy (non-hydrogen) atoms. The summed E-state index contributed by atoms with van der Waals surface area (Å²) < 4.78 is 0. The fourth-order valence-corrected chi connectivity index (χ4v) is 2.25. The van der Waals surface area contributed by atoms with Gasteiger partial charge in [0.15, 0.2) is 5.84 Å². The van der Waals surface area contributed by atoms with Crippen molar-refractivity contribution in [3.63, 3.8) is 0 Å². The van der Waals surface area contributed by atoms with E-state index in [1.165, 1.54) is 11.3 Å². The summed E-state index contributed by atoms with van der Waals surface area (Å²) in [5.74, 6) is -0.266. The molecule has 0 unspecified atom stereocenters. The molecule has 0 aliphatic rings. The summed E-state index contributed by atoms with van der Waals surface area (Å²) in [5.41, 5.74) is 7.25. The highest BCUT2D eigenvalue weighted by atomic mass is 32.1. The Morgan fingerprint density at radius 2 is 2.25 bits per heavy atom. The second-order valence-electron chi connectivity index (χ2n) is 4.11. The first kappa shape index (κ1) is 14.0. The number of aryl methyl sites for hydroxylation is 1. The van der Waals surface area contributed by atoms with Gasteiger partial charge in [-0.15, -0.1) is 11.3 Å². The van der Waals surface area contributed by atoms with E-state index in [9.17, 15) is 4.79 Å². The third kappa shape index (κ3) is 3.33. The fourth-order valence-electron chi connectivity index (χ4n) is 1.64. The summed E-state index contributed by atoms with van der Waals surface area (Å²) in [5, 5.41) is 17.2. The van der Waals surface area contributed by atoms with Crippen molar-refractivity contribution in [2.24, 2.45) is 10.9 Å². The maximum atomic E-state index is 12.0. The predicted molar refractivity (Wildman–Crippen MR) is 77.0 cm³/mol. The van der Waals surface area contributed by atoms with Gasteiger partial charge >= 0.3 is 0 Å². The van der Waals surface area contributed by atoms with Gasteiger partial charge < -0.3 is 16.3 Å². The van der Waals surface area contributed by atoms with Gasteiger partial charge in [-0.1, -0.05) is 17.3 Å². The number of oxime groups is 1. The number of thiazole rings is 1. The molecular formula is C13H14N4O2S. The smallest absolute Gasteiger partial charge is 0.251 e. The number of hydrogen-bond donors (Lipinski definition) is 3. The number of aromatic nitrogens is 1. The molecule has 1 aromatic heterocycles. The summed E-state index contributed by atoms with van der Waals surface area (Å²) in [6.07, 6.45) is 0. The van der Waals surface area contributed by atoms with Gasteiger partial charge in [-0.2, -0.15) is 0 Å². The Bertz CT molecular complexity index is 651. The number of amides is 1. The Kier molecular flexibility index (Phi) is 4.31. The van der Waals surface area contributed by atoms with Crippen molar-refractivity contribution < 1.29 is 10.0 Å². The molecule has 2 rings (SSSR count). The van der Waals surface area contributed by atoms with Crippen LogP contribution in [0.4, 0.5) is 0 Å². The van der Waals surface area contributed by atoms with E-state index in [0.717, 1.165) is 10.7 Å². The summed E-state index contributed by atoms with van der Waals surface area (Å²) in [6.45, 7) is 2.29. The summed E-state index contributed by atoms with van der Waals surface area (Å²) in [4.78, 5) is 16.3. The van der Waals surface area contributed by atoms with Crippen molar-refractivity contribution in [1.29, 1.82) is 0 Å². The van der Waals surface area contributed by atoms with Crippen molar-refractivity contribution in [1.82, 2.24) is 10.3 Å². The van der Waals surface area contributed by atoms with Crippen LogP contribution in [0.25, 0.3) is 0 Å². The summed E-state index contributed by atoms with van der Waals surface area (Å²) >= 11 is 1.54. The first-order valence-corrected chi connectivity index (χ1v) is 6.75. The molecule has 0 saturated carbocycles. The third-order valence-electron chi connectivity index (χ3n) is 2.62. The number of amidine groups is 1. The Balaban J connectivity index is 2.05. The van der Waals surface area contributed by atoms with Crippen LogP contribution in [0, 0.1) is 6.92 Å². The lowest BCUT2D eigenvalue weighted by atomic mass is 10.1. The molecule has 0 radical (unpaired) electrons. The third-order valence-corrected chi connectivity index (χ3v) is 3.45. The minimum Gasteiger partial charge on any atom is -0.409 e. The topological polar surface area (TPSA) is 101 Å². The Hall–Kier alpha value is -2.41. The van der Waals surface area contributed by atoms with E-state index >= 15 is 0 Å². The number of nitrogens with one attached hydrogen (secondary N) is 1. The second-order valence-corrected chi connectivity index (χ2v) is 5.17. The van der Waals surface area contributed by atoms with Crippen molar-refractivity contribution in [2.45, 2.75) is 13.5 Å². The van der Waals surface area contributed by atoms with Gasteiger partial charge in [-0.25, -0.2) is 4.98 Å². The maximum Gasteiger partial charge on any atom is 0.251 e. The van der Waals surface area contributed by atoms with E-state index in [4.69, 9.17) is 10.9 Å². The molecule has 1 heterocycles. The maximum absolute atomic E-state index is 12.0. The number of benzene rings is 1. The molecule has 0 aliphatic carbocycles. The van der Waals surface area contributed by atoms with E-state index in [0.29, 0.717) is 17.7 Å². The SMILES string of the molecule is Cc1nc(CNC(=O)c2cccc(C(N)=NO)c2)cs1. The molecule has 4 N–H and O–H groups in total. The number of hydrogen-bond acceptors (Lipinski definition) is 5. The number of nitrogens with zero attached hydrogens (tertiary/aromatic N) is 2. The van der Waals surface area contributed by atoms with Crippen LogP contribution in [0.5, 0.6) is 0 Å². The first-order valence-electron chi connectivity index (χ1n) is 5.87. The Morgan fingerprint density at radius 3 is 2.90 bits per heavy atom. The number of rotatable bonds is 4. The molecule has 1 aromatic carbocycles. The molecule has 7 heteroatoms. The van der Waals surface area contributed by atoms with Crippen LogP contribution in [0.3, 0.4) is 0 Å². The standard InChI is InChI=1S/C13H14N4O2S/c1-8-16-11(7-20-8)6-15-13(18)10-4-2-3-9(5-10)12(14)17-19/h2-5,7,19H,6H2,1H3,(H2,14,17)(H,15,18). The van der Waals surface area contributed by atoms with Crippen LogP contribution in [0.15, 0.2) is 34.8 Å². The molecule has 0 saturated heterocycles. The van der Waals surface area contributed by atoms with E-state index in [-0.39, 0.29) is 11.7 Å². The first-order chi connectivity index (χ1) is 9.60. The molecule has 0 bridgehead atoms. The van der Waals surface area contributed by atoms with E-state index in [1.54, 1.807) is 24.3 Å². The number of nitrogens with two attached hydrogens (primary N) is 1. The summed E-state index contributed by atoms with van der Waals surface area (Å²) in [6, 6.07) is 6.57. The van der Waals surface area contributed by atoms with Crippen LogP contribution >= 0.6 is 11.3 Å². The van der Waals surface area contributed by atoms with Gasteiger partial charge in [0.2, 0.25) is 0 Å². The van der Waals surface area contributed by atoms with Crippen LogP contribution in [0.2, 0.25) is 0 Å². The average Bonchev–Trinajstić information content (AvgIpc) is 2.89. The van der Waals surface area contributed by atoms with Gasteiger partial charge in [0, 0.05) is 16.5 Å². The second kappa shape index (κ2) is 6.16. The molecule has 0 atom stereocenters. The highest BCUT2D eigenvalue weighted by Crippen LogP contribution is 2.09. The number of carbonyl (C=O) groups excluding carboxylic acids is 1. The highest BCUT2D eigenvalue weighted by molar-refractivity contribution is 7.09. The quantitative estimate of drug-likeness (QED) is 0.343. The van der Waals surface area contributed by atoms with Gasteiger partial charge in [0.25, 0.3) is 5.91 Å². The highest BCUT2D eigenvalue weighted by Gasteiger charge is 2.08. The number of carbonyl (C=O) groups is 1. The predicted octanol–water partition coefficient (Wildman–Crippen LogP) is 1.48. The van der Waals surface area contributed by atoms with Gasteiger partial charge in [-0.3, -0.25) is 4.79 Å². The largest absolute Gasteiger partial charge is 0.409 e. The zero-order valence-corrected chi connectivity index (χ0v) is 11.6. The van der Waals surface area contributed by atoms with Gasteiger partial charge in [0.05, 0.1) is 17.2 Å². The molecule has 6 nitrogen and oxygen atoms in total. The lowest BCUT2D eigenvalue weighted by Gasteiger charge is -2.05. The van der Waals surface area contributed by atoms with Crippen molar-refractivity contribution >= 4 is 23.1 Å². The molecule has 0 spiro atoms. The Morgan fingerprint density at radius 1 is 1.50 bits per heavy atom. The molecule has 2 aromatic rings. The van der Waals surface area contributed by atoms with Crippen LogP contribution in [-0.4, -0.2) is 21.9 Å². The minimum absolute atomic E-state index is 0.0326. The zero-order valence-electron chi connectivity index (χ0n) is 10.8. The Labute approximate surface area is 120 Å². The minimum atomic E-state index is -0.233. The van der Waals surface area contributed by atoms with Crippen molar-refractivity contribution in [3.8, 4) is 0 Å². The van der Waals surface area contributed by atoms with E-state index in [2.05, 4.69) is 15.5 Å². The molecular weight excluding hydrogens is 276 g/mol. The van der Waals surface area contributed by atoms with Crippen LogP contribution in [0.1, 0.15) is 26.6 Å². The monoisotopic (exact) mass is 290 g/mol. The van der Waals surface area contributed by atoms with Gasteiger partial charge in [-0.05, 0) is 19.1 Å². The molecule has 104 valence electrons. The normalized spacial score (nSPS) is 11.3. The molecule has 0 aliphatic heterocycles. The van der Waals surface area contributed by atoms with Crippen molar-refractivity contribution in [2.75, 3.05) is 0 Å². The van der Waals surface area contributed by atoms with E-state index in [1.807, 2.05) is 12.3 Å². The van der Waals surface area contributed by atoms with Crippen LogP contribution < -0.4 is 11.1 Å².